The van der Waals surface area contributed by atoms with E-state index < -0.39 is 6.36 Å². The molecule has 2 heterocycles. The van der Waals surface area contributed by atoms with Crippen LogP contribution in [0.2, 0.25) is 0 Å². The van der Waals surface area contributed by atoms with E-state index in [1.165, 1.54) is 0 Å². The summed E-state index contributed by atoms with van der Waals surface area (Å²) in [5.41, 5.74) is 10.3. The molecule has 7 heteroatoms. The van der Waals surface area contributed by atoms with Gasteiger partial charge in [-0.25, -0.2) is 0 Å². The fraction of sp³-hybridized carbons (Fsp3) is 0.0732. The van der Waals surface area contributed by atoms with E-state index in [0.29, 0.717) is 11.4 Å². The molecule has 3 nitrogen and oxygen atoms in total. The summed E-state index contributed by atoms with van der Waals surface area (Å²) >= 11 is 0. The quantitative estimate of drug-likeness (QED) is 0.181. The molecule has 0 saturated heterocycles. The van der Waals surface area contributed by atoms with Gasteiger partial charge < -0.3 is 14.5 Å². The lowest BCUT2D eigenvalue weighted by Gasteiger charge is -2.45. The molecule has 0 saturated carbocycles. The molecule has 7 aromatic carbocycles. The molecule has 0 unspecified atom stereocenters. The maximum atomic E-state index is 14.1. The number of anilines is 6. The first-order valence-corrected chi connectivity index (χ1v) is 16.0. The maximum Gasteiger partial charge on any atom is 0.573 e. The van der Waals surface area contributed by atoms with Crippen LogP contribution in [0.5, 0.6) is 5.75 Å². The van der Waals surface area contributed by atoms with Gasteiger partial charge in [-0.1, -0.05) is 108 Å². The zero-order valence-corrected chi connectivity index (χ0v) is 26.2. The number of alkyl halides is 3. The van der Waals surface area contributed by atoms with E-state index in [-0.39, 0.29) is 12.5 Å². The zero-order chi connectivity index (χ0) is 32.7. The molecular formula is C41H28BF3N2O. The zero-order valence-electron chi connectivity index (χ0n) is 26.2. The Morgan fingerprint density at radius 3 is 1.44 bits per heavy atom. The average molecular weight is 632 g/mol. The molecule has 0 bridgehead atoms. The van der Waals surface area contributed by atoms with E-state index in [0.717, 1.165) is 71.8 Å². The molecule has 0 N–H and O–H groups in total. The predicted octanol–water partition coefficient (Wildman–Crippen LogP) is 9.59. The summed E-state index contributed by atoms with van der Waals surface area (Å²) < 4.78 is 46.9. The third kappa shape index (κ3) is 4.38. The number of para-hydroxylation sites is 2. The highest BCUT2D eigenvalue weighted by Crippen LogP contribution is 2.49. The summed E-state index contributed by atoms with van der Waals surface area (Å²) in [6.07, 6.45) is -4.87. The Morgan fingerprint density at radius 2 is 1.00 bits per heavy atom. The Hall–Kier alpha value is -5.69. The van der Waals surface area contributed by atoms with E-state index in [1.54, 1.807) is 12.1 Å². The van der Waals surface area contributed by atoms with Crippen LogP contribution in [0.4, 0.5) is 47.3 Å². The van der Waals surface area contributed by atoms with Crippen molar-refractivity contribution >= 4 is 78.8 Å². The first-order valence-electron chi connectivity index (χ1n) is 16.0. The number of hydrogen-bond donors (Lipinski definition) is 0. The van der Waals surface area contributed by atoms with Gasteiger partial charge in [0.15, 0.2) is 0 Å². The van der Waals surface area contributed by atoms with Crippen LogP contribution in [0, 0.1) is 13.8 Å². The van der Waals surface area contributed by atoms with Gasteiger partial charge in [0.25, 0.3) is 6.71 Å². The second-order valence-electron chi connectivity index (χ2n) is 12.7. The van der Waals surface area contributed by atoms with Crippen molar-refractivity contribution in [2.24, 2.45) is 0 Å². The van der Waals surface area contributed by atoms with Gasteiger partial charge in [0.2, 0.25) is 0 Å². The molecule has 9 rings (SSSR count). The lowest BCUT2D eigenvalue weighted by Crippen LogP contribution is -2.61. The number of halogens is 3. The fourth-order valence-electron chi connectivity index (χ4n) is 7.73. The number of rotatable bonds is 3. The summed E-state index contributed by atoms with van der Waals surface area (Å²) in [6.45, 7) is 3.88. The molecule has 2 aliphatic rings. The van der Waals surface area contributed by atoms with E-state index in [9.17, 15) is 13.2 Å². The molecule has 232 valence electrons. The van der Waals surface area contributed by atoms with E-state index in [4.69, 9.17) is 4.74 Å². The molecule has 2 aliphatic heterocycles. The predicted molar refractivity (Wildman–Crippen MR) is 192 cm³/mol. The maximum absolute atomic E-state index is 14.1. The van der Waals surface area contributed by atoms with Crippen LogP contribution in [0.25, 0.3) is 21.5 Å². The summed E-state index contributed by atoms with van der Waals surface area (Å²) in [5.74, 6) is -0.268. The van der Waals surface area contributed by atoms with Gasteiger partial charge in [0.05, 0.1) is 0 Å². The molecule has 0 atom stereocenters. The molecular weight excluding hydrogens is 604 g/mol. The molecule has 7 aromatic rings. The van der Waals surface area contributed by atoms with Crippen molar-refractivity contribution in [3.63, 3.8) is 0 Å². The average Bonchev–Trinajstić information content (AvgIpc) is 3.07. The van der Waals surface area contributed by atoms with Gasteiger partial charge in [0.1, 0.15) is 5.75 Å². The second kappa shape index (κ2) is 10.4. The highest BCUT2D eigenvalue weighted by molar-refractivity contribution is 7.00. The molecule has 0 fully saturated rings. The van der Waals surface area contributed by atoms with Crippen LogP contribution in [-0.2, 0) is 0 Å². The summed E-state index contributed by atoms with van der Waals surface area (Å²) in [5, 5.41) is 4.19. The van der Waals surface area contributed by atoms with Gasteiger partial charge in [-0.3, -0.25) is 0 Å². The molecule has 0 aliphatic carbocycles. The number of nitrogens with zero attached hydrogens (tertiary/aromatic N) is 2. The highest BCUT2D eigenvalue weighted by Gasteiger charge is 2.45. The van der Waals surface area contributed by atoms with Crippen LogP contribution >= 0.6 is 0 Å². The Morgan fingerprint density at radius 1 is 0.542 bits per heavy atom. The standard InChI is InChI=1S/C41H28BF3N2O/c1-25-13-17-32-27(21-25)15-19-34-39(32)46(29-9-5-3-6-10-29)36-23-31(48-41(43,44)45)24-37-38(36)42(34)35-20-16-28-22-26(2)14-18-33(28)40(35)47(37)30-11-7-4-8-12-30/h3-24H,1-2H3. The van der Waals surface area contributed by atoms with Crippen LogP contribution in [0.1, 0.15) is 11.1 Å². The van der Waals surface area contributed by atoms with Crippen molar-refractivity contribution in [3.8, 4) is 5.75 Å². The molecule has 0 amide bonds. The summed E-state index contributed by atoms with van der Waals surface area (Å²) in [4.78, 5) is 4.23. The SMILES string of the molecule is Cc1ccc2c3c(ccc2c1)B1c2ccc4cc(C)ccc4c2N(c2ccccc2)c2cc(OC(F)(F)F)cc(c21)N3c1ccccc1. The van der Waals surface area contributed by atoms with Gasteiger partial charge in [-0.15, -0.1) is 13.2 Å². The van der Waals surface area contributed by atoms with Crippen molar-refractivity contribution in [2.75, 3.05) is 9.80 Å². The van der Waals surface area contributed by atoms with Crippen LogP contribution in [-0.4, -0.2) is 13.1 Å². The van der Waals surface area contributed by atoms with E-state index in [1.807, 2.05) is 60.7 Å². The molecule has 0 spiro atoms. The van der Waals surface area contributed by atoms with Crippen LogP contribution < -0.4 is 30.9 Å². The number of aryl methyl sites for hydroxylation is 2. The van der Waals surface area contributed by atoms with Crippen molar-refractivity contribution in [3.05, 3.63) is 145 Å². The van der Waals surface area contributed by atoms with Gasteiger partial charge in [-0.05, 0) is 65.3 Å². The first kappa shape index (κ1) is 28.5. The van der Waals surface area contributed by atoms with E-state index >= 15 is 0 Å². The monoisotopic (exact) mass is 632 g/mol. The second-order valence-corrected chi connectivity index (χ2v) is 12.7. The van der Waals surface area contributed by atoms with Crippen molar-refractivity contribution in [2.45, 2.75) is 20.2 Å². The minimum atomic E-state index is -4.87. The topological polar surface area (TPSA) is 15.7 Å². The third-order valence-corrected chi connectivity index (χ3v) is 9.57. The Kier molecular flexibility index (Phi) is 6.19. The minimum absolute atomic E-state index is 0.253. The van der Waals surface area contributed by atoms with Crippen molar-refractivity contribution in [1.82, 2.24) is 0 Å². The van der Waals surface area contributed by atoms with Gasteiger partial charge >= 0.3 is 6.36 Å². The van der Waals surface area contributed by atoms with E-state index in [2.05, 4.69) is 84.3 Å². The number of hydrogen-bond acceptors (Lipinski definition) is 3. The smallest absolute Gasteiger partial charge is 0.406 e. The highest BCUT2D eigenvalue weighted by atomic mass is 19.4. The summed E-state index contributed by atoms with van der Waals surface area (Å²) in [6, 6.07) is 44.3. The Labute approximate surface area is 276 Å². The largest absolute Gasteiger partial charge is 0.573 e. The lowest BCUT2D eigenvalue weighted by molar-refractivity contribution is -0.274. The molecule has 0 aromatic heterocycles. The minimum Gasteiger partial charge on any atom is -0.406 e. The number of benzene rings is 7. The van der Waals surface area contributed by atoms with Crippen LogP contribution in [0.15, 0.2) is 133 Å². The van der Waals surface area contributed by atoms with Crippen molar-refractivity contribution in [1.29, 1.82) is 0 Å². The fourth-order valence-corrected chi connectivity index (χ4v) is 7.73. The Balaban J connectivity index is 1.47. The molecule has 0 radical (unpaired) electrons. The number of fused-ring (bicyclic) bond motifs is 8. The lowest BCUT2D eigenvalue weighted by atomic mass is 9.33. The first-order chi connectivity index (χ1) is 23.2. The van der Waals surface area contributed by atoms with Crippen molar-refractivity contribution < 1.29 is 17.9 Å². The summed E-state index contributed by atoms with van der Waals surface area (Å²) in [7, 11) is 0. The van der Waals surface area contributed by atoms with Gasteiger partial charge in [0, 0.05) is 57.0 Å². The molecule has 48 heavy (non-hydrogen) atoms. The normalized spacial score (nSPS) is 13.4. The third-order valence-electron chi connectivity index (χ3n) is 9.57. The van der Waals surface area contributed by atoms with Crippen LogP contribution in [0.3, 0.4) is 0 Å². The number of ether oxygens (including phenoxy) is 1. The Bertz CT molecular complexity index is 2250. The van der Waals surface area contributed by atoms with Gasteiger partial charge in [-0.2, -0.15) is 0 Å².